The van der Waals surface area contributed by atoms with Gasteiger partial charge in [-0.25, -0.2) is 9.78 Å². The van der Waals surface area contributed by atoms with Crippen molar-refractivity contribution in [3.05, 3.63) is 61.1 Å². The minimum atomic E-state index is -0.998. The van der Waals surface area contributed by atoms with Gasteiger partial charge in [-0.05, 0) is 48.4 Å². The van der Waals surface area contributed by atoms with E-state index < -0.39 is 6.09 Å². The number of hydrogen-bond acceptors (Lipinski definition) is 6. The Morgan fingerprint density at radius 1 is 1.15 bits per heavy atom. The lowest BCUT2D eigenvalue weighted by molar-refractivity contribution is 0.194. The van der Waals surface area contributed by atoms with Crippen molar-refractivity contribution in [2.75, 3.05) is 17.6 Å². The second-order valence-electron chi connectivity index (χ2n) is 7.65. The molecule has 1 amide bonds. The van der Waals surface area contributed by atoms with Crippen molar-refractivity contribution in [2.24, 2.45) is 0 Å². The Bertz CT molecular complexity index is 1460. The summed E-state index contributed by atoms with van der Waals surface area (Å²) in [6, 6.07) is 14.2. The quantitative estimate of drug-likeness (QED) is 0.240. The van der Waals surface area contributed by atoms with Gasteiger partial charge >= 0.3 is 6.09 Å². The molecule has 0 bridgehead atoms. The van der Waals surface area contributed by atoms with Gasteiger partial charge in [0, 0.05) is 53.0 Å². The molecule has 5 aromatic rings. The predicted octanol–water partition coefficient (Wildman–Crippen LogP) is 3.96. The molecule has 0 radical (unpaired) electrons. The van der Waals surface area contributed by atoms with Crippen molar-refractivity contribution in [3.8, 4) is 11.1 Å². The molecule has 0 fully saturated rings. The smallest absolute Gasteiger partial charge is 0.404 e. The van der Waals surface area contributed by atoms with Gasteiger partial charge in [0.2, 0.25) is 5.95 Å². The molecule has 0 unspecified atom stereocenters. The van der Waals surface area contributed by atoms with Gasteiger partial charge in [-0.15, -0.1) is 0 Å². The number of nitrogen functional groups attached to an aromatic ring is 1. The normalized spacial score (nSPS) is 11.2. The maximum atomic E-state index is 10.6. The van der Waals surface area contributed by atoms with E-state index in [1.807, 2.05) is 12.3 Å². The Morgan fingerprint density at radius 2 is 2.06 bits per heavy atom. The molecule has 2 aromatic carbocycles. The van der Waals surface area contributed by atoms with Crippen molar-refractivity contribution < 1.29 is 9.90 Å². The highest BCUT2D eigenvalue weighted by Gasteiger charge is 2.11. The van der Waals surface area contributed by atoms with Gasteiger partial charge in [-0.2, -0.15) is 10.1 Å². The maximum Gasteiger partial charge on any atom is 0.404 e. The number of amides is 1. The largest absolute Gasteiger partial charge is 0.465 e. The van der Waals surface area contributed by atoms with Crippen LogP contribution in [0.4, 0.5) is 22.2 Å². The van der Waals surface area contributed by atoms with E-state index in [1.165, 1.54) is 0 Å². The monoisotopic (exact) mass is 442 g/mol. The first-order valence-electron chi connectivity index (χ1n) is 10.5. The minimum Gasteiger partial charge on any atom is -0.465 e. The summed E-state index contributed by atoms with van der Waals surface area (Å²) in [5, 5.41) is 23.8. The van der Waals surface area contributed by atoms with Gasteiger partial charge in [0.25, 0.3) is 0 Å². The second kappa shape index (κ2) is 8.50. The molecule has 166 valence electrons. The van der Waals surface area contributed by atoms with Crippen molar-refractivity contribution in [1.82, 2.24) is 30.0 Å². The van der Waals surface area contributed by atoms with E-state index in [0.717, 1.165) is 45.2 Å². The van der Waals surface area contributed by atoms with Crippen LogP contribution < -0.4 is 16.4 Å². The average Bonchev–Trinajstić information content (AvgIpc) is 3.42. The molecule has 0 atom stereocenters. The molecule has 6 N–H and O–H groups in total. The number of aromatic amines is 1. The first-order valence-corrected chi connectivity index (χ1v) is 10.5. The number of fused-ring (bicyclic) bond motifs is 2. The lowest BCUT2D eigenvalue weighted by Crippen LogP contribution is -2.22. The topological polar surface area (TPSA) is 147 Å². The number of anilines is 3. The number of carbonyl (C=O) groups is 1. The zero-order chi connectivity index (χ0) is 22.8. The number of rotatable bonds is 7. The van der Waals surface area contributed by atoms with Crippen LogP contribution in [0.3, 0.4) is 0 Å². The van der Waals surface area contributed by atoms with Crippen LogP contribution in [-0.4, -0.2) is 42.5 Å². The van der Waals surface area contributed by atoms with E-state index >= 15 is 0 Å². The number of H-pyrrole nitrogens is 1. The molecule has 0 aliphatic heterocycles. The lowest BCUT2D eigenvalue weighted by Gasteiger charge is -2.11. The summed E-state index contributed by atoms with van der Waals surface area (Å²) in [5.41, 5.74) is 10.7. The third-order valence-electron chi connectivity index (χ3n) is 5.43. The lowest BCUT2D eigenvalue weighted by atomic mass is 10.0. The molecule has 10 nitrogen and oxygen atoms in total. The molecule has 3 aromatic heterocycles. The minimum absolute atomic E-state index is 0.207. The van der Waals surface area contributed by atoms with Crippen molar-refractivity contribution in [2.45, 2.75) is 13.0 Å². The first-order chi connectivity index (χ1) is 16.1. The number of carboxylic acid groups (broad SMARTS) is 1. The number of benzene rings is 2. The SMILES string of the molecule is Nc1nccc(Nc2cc(-c3ccc4c(ccn4CCCNC(=O)O)c3)c3[nH]ncc3c2)n1. The summed E-state index contributed by atoms with van der Waals surface area (Å²) < 4.78 is 2.13. The Kier molecular flexibility index (Phi) is 5.23. The Morgan fingerprint density at radius 3 is 2.91 bits per heavy atom. The fourth-order valence-electron chi connectivity index (χ4n) is 3.96. The van der Waals surface area contributed by atoms with Crippen LogP contribution in [0.2, 0.25) is 0 Å². The van der Waals surface area contributed by atoms with Crippen LogP contribution in [0.15, 0.2) is 61.1 Å². The molecular formula is C23H22N8O2. The molecule has 0 spiro atoms. The molecule has 10 heteroatoms. The molecule has 0 saturated carbocycles. The van der Waals surface area contributed by atoms with Crippen LogP contribution >= 0.6 is 0 Å². The number of nitrogens with zero attached hydrogens (tertiary/aromatic N) is 4. The number of nitrogens with two attached hydrogens (primary N) is 1. The fraction of sp³-hybridized carbons (Fsp3) is 0.130. The van der Waals surface area contributed by atoms with Crippen molar-refractivity contribution in [3.63, 3.8) is 0 Å². The molecule has 33 heavy (non-hydrogen) atoms. The van der Waals surface area contributed by atoms with Gasteiger partial charge in [0.15, 0.2) is 0 Å². The zero-order valence-electron chi connectivity index (χ0n) is 17.6. The molecule has 0 aliphatic carbocycles. The highest BCUT2D eigenvalue weighted by Crippen LogP contribution is 2.33. The summed E-state index contributed by atoms with van der Waals surface area (Å²) in [6.45, 7) is 1.15. The standard InChI is InChI=1S/C23H22N8O2/c24-22-25-7-4-20(29-22)28-17-11-16-13-27-30-21(16)18(12-17)14-2-3-19-15(10-14)5-9-31(19)8-1-6-26-23(32)33/h2-5,7,9-13,26H,1,6,8H2,(H,27,30)(H,32,33)(H3,24,25,28,29). The number of hydrogen-bond donors (Lipinski definition) is 5. The molecule has 0 saturated heterocycles. The van der Waals surface area contributed by atoms with Crippen molar-refractivity contribution >= 4 is 45.4 Å². The van der Waals surface area contributed by atoms with Gasteiger partial charge < -0.3 is 26.0 Å². The van der Waals surface area contributed by atoms with Crippen LogP contribution in [-0.2, 0) is 6.54 Å². The first kappa shape index (κ1) is 20.3. The molecule has 3 heterocycles. The molecular weight excluding hydrogens is 420 g/mol. The van der Waals surface area contributed by atoms with Gasteiger partial charge in [-0.3, -0.25) is 5.10 Å². The van der Waals surface area contributed by atoms with Crippen LogP contribution in [0.1, 0.15) is 6.42 Å². The number of aryl methyl sites for hydroxylation is 1. The zero-order valence-corrected chi connectivity index (χ0v) is 17.6. The predicted molar refractivity (Wildman–Crippen MR) is 127 cm³/mol. The van der Waals surface area contributed by atoms with Gasteiger partial charge in [-0.1, -0.05) is 6.07 Å². The van der Waals surface area contributed by atoms with Crippen LogP contribution in [0.5, 0.6) is 0 Å². The Hall–Kier alpha value is -4.60. The van der Waals surface area contributed by atoms with E-state index in [0.29, 0.717) is 18.8 Å². The molecule has 0 aliphatic rings. The maximum absolute atomic E-state index is 10.6. The number of nitrogens with one attached hydrogen (secondary N) is 3. The summed E-state index contributed by atoms with van der Waals surface area (Å²) in [4.78, 5) is 18.8. The van der Waals surface area contributed by atoms with E-state index in [2.05, 4.69) is 65.7 Å². The van der Waals surface area contributed by atoms with Crippen LogP contribution in [0.25, 0.3) is 32.9 Å². The van der Waals surface area contributed by atoms with E-state index in [1.54, 1.807) is 18.5 Å². The van der Waals surface area contributed by atoms with Gasteiger partial charge in [0.05, 0.1) is 11.7 Å². The summed E-state index contributed by atoms with van der Waals surface area (Å²) in [7, 11) is 0. The van der Waals surface area contributed by atoms with Crippen LogP contribution in [0, 0.1) is 0 Å². The second-order valence-corrected chi connectivity index (χ2v) is 7.65. The van der Waals surface area contributed by atoms with E-state index in [-0.39, 0.29) is 5.95 Å². The highest BCUT2D eigenvalue weighted by atomic mass is 16.4. The average molecular weight is 442 g/mol. The molecule has 5 rings (SSSR count). The summed E-state index contributed by atoms with van der Waals surface area (Å²) in [5.74, 6) is 0.819. The summed E-state index contributed by atoms with van der Waals surface area (Å²) >= 11 is 0. The van der Waals surface area contributed by atoms with Crippen molar-refractivity contribution in [1.29, 1.82) is 0 Å². The Balaban J connectivity index is 1.46. The summed E-state index contributed by atoms with van der Waals surface area (Å²) in [6.07, 6.45) is 5.14. The fourth-order valence-corrected chi connectivity index (χ4v) is 3.96. The van der Waals surface area contributed by atoms with E-state index in [9.17, 15) is 4.79 Å². The van der Waals surface area contributed by atoms with E-state index in [4.69, 9.17) is 10.8 Å². The highest BCUT2D eigenvalue weighted by molar-refractivity contribution is 5.98. The number of aromatic nitrogens is 5. The third kappa shape index (κ3) is 4.26. The third-order valence-corrected chi connectivity index (χ3v) is 5.43. The Labute approximate surface area is 188 Å². The van der Waals surface area contributed by atoms with Gasteiger partial charge in [0.1, 0.15) is 5.82 Å².